The summed E-state index contributed by atoms with van der Waals surface area (Å²) in [4.78, 5) is -0.779. The van der Waals surface area contributed by atoms with Crippen molar-refractivity contribution in [1.82, 2.24) is 4.31 Å². The van der Waals surface area contributed by atoms with Gasteiger partial charge in [-0.05, 0) is 30.3 Å². The van der Waals surface area contributed by atoms with Gasteiger partial charge in [0.1, 0.15) is 5.75 Å². The highest BCUT2D eigenvalue weighted by atomic mass is 79.9. The molecule has 0 atom stereocenters. The lowest BCUT2D eigenvalue weighted by molar-refractivity contribution is -0.139. The minimum Gasteiger partial charge on any atom is -0.496 e. The van der Waals surface area contributed by atoms with E-state index >= 15 is 0 Å². The molecule has 0 heterocycles. The van der Waals surface area contributed by atoms with Crippen molar-refractivity contribution in [2.45, 2.75) is 17.6 Å². The van der Waals surface area contributed by atoms with Crippen molar-refractivity contribution in [2.75, 3.05) is 14.2 Å². The molecule has 0 unspecified atom stereocenters. The zero-order valence-electron chi connectivity index (χ0n) is 13.3. The highest BCUT2D eigenvalue weighted by Crippen LogP contribution is 2.35. The second-order valence-electron chi connectivity index (χ2n) is 5.21. The van der Waals surface area contributed by atoms with Gasteiger partial charge in [0.2, 0.25) is 10.0 Å². The normalized spacial score (nSPS) is 12.4. The summed E-state index contributed by atoms with van der Waals surface area (Å²) in [6, 6.07) is 9.13. The summed E-state index contributed by atoms with van der Waals surface area (Å²) < 4.78 is 71.5. The maximum absolute atomic E-state index is 13.1. The summed E-state index contributed by atoms with van der Waals surface area (Å²) in [6.07, 6.45) is -4.77. The lowest BCUT2D eigenvalue weighted by Gasteiger charge is -2.21. The first-order valence-corrected chi connectivity index (χ1v) is 9.25. The topological polar surface area (TPSA) is 46.6 Å². The van der Waals surface area contributed by atoms with Gasteiger partial charge < -0.3 is 4.74 Å². The van der Waals surface area contributed by atoms with E-state index in [9.17, 15) is 21.6 Å². The highest BCUT2D eigenvalue weighted by molar-refractivity contribution is 9.10. The van der Waals surface area contributed by atoms with Crippen LogP contribution in [0.3, 0.4) is 0 Å². The Morgan fingerprint density at radius 3 is 2.40 bits per heavy atom. The van der Waals surface area contributed by atoms with Crippen LogP contribution in [0.15, 0.2) is 51.8 Å². The molecule has 0 fully saturated rings. The number of sulfonamides is 1. The van der Waals surface area contributed by atoms with Crippen LogP contribution in [0.25, 0.3) is 0 Å². The van der Waals surface area contributed by atoms with E-state index in [1.54, 1.807) is 18.2 Å². The molecule has 0 N–H and O–H groups in total. The quantitative estimate of drug-likeness (QED) is 0.700. The molecule has 2 aromatic rings. The number of methoxy groups -OCH3 is 1. The molecule has 9 heteroatoms. The number of hydrogen-bond acceptors (Lipinski definition) is 3. The van der Waals surface area contributed by atoms with E-state index in [-0.39, 0.29) is 6.54 Å². The fourth-order valence-corrected chi connectivity index (χ4v) is 4.05. The molecule has 136 valence electrons. The lowest BCUT2D eigenvalue weighted by Crippen LogP contribution is -2.28. The Morgan fingerprint density at radius 1 is 1.16 bits per heavy atom. The van der Waals surface area contributed by atoms with E-state index in [1.165, 1.54) is 20.2 Å². The molecule has 2 rings (SSSR count). The van der Waals surface area contributed by atoms with Gasteiger partial charge in [-0.25, -0.2) is 8.42 Å². The number of ether oxygens (including phenoxy) is 1. The largest absolute Gasteiger partial charge is 0.496 e. The van der Waals surface area contributed by atoms with Gasteiger partial charge in [0.15, 0.2) is 0 Å². The van der Waals surface area contributed by atoms with Gasteiger partial charge in [0.05, 0.1) is 17.6 Å². The third-order valence-electron chi connectivity index (χ3n) is 3.52. The number of alkyl halides is 3. The lowest BCUT2D eigenvalue weighted by atomic mass is 10.2. The van der Waals surface area contributed by atoms with E-state index in [0.717, 1.165) is 22.5 Å². The van der Waals surface area contributed by atoms with Gasteiger partial charge >= 0.3 is 6.18 Å². The molecule has 25 heavy (non-hydrogen) atoms. The average molecular weight is 438 g/mol. The van der Waals surface area contributed by atoms with Crippen LogP contribution in [-0.2, 0) is 22.7 Å². The molecule has 0 aliphatic carbocycles. The predicted molar refractivity (Wildman–Crippen MR) is 90.8 cm³/mol. The number of halogens is 4. The third kappa shape index (κ3) is 4.34. The summed E-state index contributed by atoms with van der Waals surface area (Å²) in [5, 5.41) is 0. The first-order chi connectivity index (χ1) is 11.6. The predicted octanol–water partition coefficient (Wildman–Crippen LogP) is 4.30. The van der Waals surface area contributed by atoms with Crippen molar-refractivity contribution in [1.29, 1.82) is 0 Å². The summed E-state index contributed by atoms with van der Waals surface area (Å²) >= 11 is 3.28. The van der Waals surface area contributed by atoms with Crippen LogP contribution < -0.4 is 4.74 Å². The maximum atomic E-state index is 13.1. The third-order valence-corrected chi connectivity index (χ3v) is 5.87. The monoisotopic (exact) mass is 437 g/mol. The molecular weight excluding hydrogens is 423 g/mol. The Hall–Kier alpha value is -1.58. The van der Waals surface area contributed by atoms with E-state index in [2.05, 4.69) is 15.9 Å². The Kier molecular flexibility index (Phi) is 5.80. The Labute approximate surface area is 152 Å². The molecule has 0 saturated carbocycles. The highest BCUT2D eigenvalue weighted by Gasteiger charge is 2.38. The minimum absolute atomic E-state index is 0.142. The second-order valence-corrected chi connectivity index (χ2v) is 8.14. The molecule has 0 aliphatic heterocycles. The van der Waals surface area contributed by atoms with Crippen LogP contribution in [0.5, 0.6) is 5.75 Å². The van der Waals surface area contributed by atoms with E-state index in [1.807, 2.05) is 0 Å². The molecule has 0 aliphatic rings. The smallest absolute Gasteiger partial charge is 0.417 e. The second kappa shape index (κ2) is 7.35. The Balaban J connectivity index is 2.43. The fourth-order valence-electron chi connectivity index (χ4n) is 2.29. The van der Waals surface area contributed by atoms with Gasteiger partial charge in [-0.2, -0.15) is 17.5 Å². The summed E-state index contributed by atoms with van der Waals surface area (Å²) in [5.74, 6) is 0.439. The van der Waals surface area contributed by atoms with Crippen LogP contribution in [0.1, 0.15) is 11.1 Å². The van der Waals surface area contributed by atoms with Gasteiger partial charge in [0, 0.05) is 23.6 Å². The summed E-state index contributed by atoms with van der Waals surface area (Å²) in [6.45, 7) is -0.142. The van der Waals surface area contributed by atoms with E-state index in [0.29, 0.717) is 15.8 Å². The molecular formula is C16H15BrF3NO3S. The summed E-state index contributed by atoms with van der Waals surface area (Å²) in [7, 11) is -1.69. The zero-order valence-corrected chi connectivity index (χ0v) is 15.7. The number of hydrogen-bond donors (Lipinski definition) is 0. The van der Waals surface area contributed by atoms with Gasteiger partial charge in [0.25, 0.3) is 0 Å². The molecule has 0 bridgehead atoms. The van der Waals surface area contributed by atoms with Crippen molar-refractivity contribution in [3.8, 4) is 5.75 Å². The number of rotatable bonds is 5. The first kappa shape index (κ1) is 19.7. The molecule has 0 radical (unpaired) electrons. The minimum atomic E-state index is -4.77. The first-order valence-electron chi connectivity index (χ1n) is 7.02. The average Bonchev–Trinajstić information content (AvgIpc) is 2.54. The maximum Gasteiger partial charge on any atom is 0.417 e. The van der Waals surface area contributed by atoms with Crippen LogP contribution in [-0.4, -0.2) is 26.9 Å². The van der Waals surface area contributed by atoms with Crippen molar-refractivity contribution in [2.24, 2.45) is 0 Å². The summed E-state index contributed by atoms with van der Waals surface area (Å²) in [5.41, 5.74) is -0.671. The SMILES string of the molecule is COc1ccc(Br)cc1CN(C)S(=O)(=O)c1ccccc1C(F)(F)F. The van der Waals surface area contributed by atoms with Crippen LogP contribution in [0.4, 0.5) is 13.2 Å². The van der Waals surface area contributed by atoms with Crippen molar-refractivity contribution >= 4 is 26.0 Å². The number of benzene rings is 2. The van der Waals surface area contributed by atoms with Gasteiger partial charge in [-0.3, -0.25) is 0 Å². The Morgan fingerprint density at radius 2 is 1.80 bits per heavy atom. The van der Waals surface area contributed by atoms with Crippen molar-refractivity contribution < 1.29 is 26.3 Å². The standard InChI is InChI=1S/C16H15BrF3NO3S/c1-21(10-11-9-12(17)7-8-14(11)24-2)25(22,23)15-6-4-3-5-13(15)16(18,19)20/h3-9H,10H2,1-2H3. The number of nitrogens with zero attached hydrogens (tertiary/aromatic N) is 1. The van der Waals surface area contributed by atoms with Gasteiger partial charge in [-0.1, -0.05) is 28.1 Å². The molecule has 4 nitrogen and oxygen atoms in total. The zero-order chi connectivity index (χ0) is 18.8. The van der Waals surface area contributed by atoms with Crippen LogP contribution >= 0.6 is 15.9 Å². The molecule has 0 spiro atoms. The molecule has 0 aromatic heterocycles. The fraction of sp³-hybridized carbons (Fsp3) is 0.250. The molecule has 2 aromatic carbocycles. The molecule has 0 saturated heterocycles. The van der Waals surface area contributed by atoms with Crippen LogP contribution in [0.2, 0.25) is 0 Å². The van der Waals surface area contributed by atoms with E-state index < -0.39 is 26.7 Å². The van der Waals surface area contributed by atoms with E-state index in [4.69, 9.17) is 4.74 Å². The Bertz CT molecular complexity index is 869. The van der Waals surface area contributed by atoms with Gasteiger partial charge in [-0.15, -0.1) is 0 Å². The van der Waals surface area contributed by atoms with Crippen LogP contribution in [0, 0.1) is 0 Å². The van der Waals surface area contributed by atoms with Crippen molar-refractivity contribution in [3.05, 3.63) is 58.1 Å². The molecule has 0 amide bonds. The van der Waals surface area contributed by atoms with Crippen molar-refractivity contribution in [3.63, 3.8) is 0 Å².